The number of nitrogens with one attached hydrogen (secondary N) is 1. The number of H-pyrrole nitrogens is 1. The van der Waals surface area contributed by atoms with Crippen LogP contribution in [-0.4, -0.2) is 36.5 Å². The second-order valence-corrected chi connectivity index (χ2v) is 6.86. The molecule has 136 valence electrons. The minimum atomic E-state index is -0.173. The summed E-state index contributed by atoms with van der Waals surface area (Å²) in [4.78, 5) is 17.7. The van der Waals surface area contributed by atoms with Crippen LogP contribution in [0.5, 0.6) is 5.75 Å². The summed E-state index contributed by atoms with van der Waals surface area (Å²) >= 11 is 0. The Bertz CT molecular complexity index is 853. The number of aryl methyl sites for hydroxylation is 1. The predicted octanol–water partition coefficient (Wildman–Crippen LogP) is 4.20. The molecule has 0 radical (unpaired) electrons. The highest BCUT2D eigenvalue weighted by Crippen LogP contribution is 2.29. The number of fused-ring (bicyclic) bond motifs is 1. The lowest BCUT2D eigenvalue weighted by atomic mass is 10.1. The van der Waals surface area contributed by atoms with E-state index in [0.29, 0.717) is 12.2 Å². The third-order valence-corrected chi connectivity index (χ3v) is 4.49. The van der Waals surface area contributed by atoms with Crippen LogP contribution in [0.1, 0.15) is 24.0 Å². The van der Waals surface area contributed by atoms with Crippen LogP contribution in [0.3, 0.4) is 0 Å². The number of benzene rings is 2. The molecule has 4 nitrogen and oxygen atoms in total. The Balaban J connectivity index is 1.64. The first-order valence-electron chi connectivity index (χ1n) is 9.12. The standard InChI is InChI=1S/C22H26N2O2/c1-24(2)15-14-18-16-23-19-11-7-12-20(22(18)19)26-21(25)13-6-10-17-8-4-3-5-9-17/h3-5,7-9,11-12,16,23H,6,10,13-15H2,1-2H3. The van der Waals surface area contributed by atoms with Crippen LogP contribution in [0.25, 0.3) is 10.9 Å². The molecule has 3 rings (SSSR count). The van der Waals surface area contributed by atoms with E-state index < -0.39 is 0 Å². The number of aromatic amines is 1. The van der Waals surface area contributed by atoms with Gasteiger partial charge in [-0.1, -0.05) is 36.4 Å². The average molecular weight is 350 g/mol. The van der Waals surface area contributed by atoms with E-state index in [9.17, 15) is 4.79 Å². The number of carbonyl (C=O) groups excluding carboxylic acids is 1. The summed E-state index contributed by atoms with van der Waals surface area (Å²) in [6.07, 6.45) is 5.02. The van der Waals surface area contributed by atoms with E-state index in [-0.39, 0.29) is 5.97 Å². The monoisotopic (exact) mass is 350 g/mol. The van der Waals surface area contributed by atoms with Gasteiger partial charge in [-0.15, -0.1) is 0 Å². The quantitative estimate of drug-likeness (QED) is 0.489. The number of rotatable bonds is 8. The Morgan fingerprint density at radius 1 is 1.04 bits per heavy atom. The maximum Gasteiger partial charge on any atom is 0.311 e. The molecule has 1 aromatic heterocycles. The lowest BCUT2D eigenvalue weighted by Gasteiger charge is -2.10. The highest BCUT2D eigenvalue weighted by atomic mass is 16.5. The first kappa shape index (κ1) is 18.2. The van der Waals surface area contributed by atoms with Crippen molar-refractivity contribution in [2.24, 2.45) is 0 Å². The number of likely N-dealkylation sites (N-methyl/N-ethyl adjacent to an activating group) is 1. The molecule has 1 N–H and O–H groups in total. The minimum absolute atomic E-state index is 0.173. The summed E-state index contributed by atoms with van der Waals surface area (Å²) in [7, 11) is 4.12. The average Bonchev–Trinajstić information content (AvgIpc) is 3.05. The van der Waals surface area contributed by atoms with Crippen LogP contribution >= 0.6 is 0 Å². The van der Waals surface area contributed by atoms with Crippen molar-refractivity contribution in [3.05, 3.63) is 65.9 Å². The van der Waals surface area contributed by atoms with Crippen molar-refractivity contribution in [2.75, 3.05) is 20.6 Å². The molecule has 0 aliphatic heterocycles. The second kappa shape index (κ2) is 8.68. The number of nitrogens with zero attached hydrogens (tertiary/aromatic N) is 1. The molecule has 0 fully saturated rings. The van der Waals surface area contributed by atoms with E-state index in [1.807, 2.05) is 42.6 Å². The molecule has 0 spiro atoms. The van der Waals surface area contributed by atoms with E-state index in [0.717, 1.165) is 36.7 Å². The summed E-state index contributed by atoms with van der Waals surface area (Å²) in [6.45, 7) is 0.951. The molecule has 3 aromatic rings. The number of esters is 1. The molecular weight excluding hydrogens is 324 g/mol. The zero-order valence-electron chi connectivity index (χ0n) is 15.5. The van der Waals surface area contributed by atoms with E-state index in [1.54, 1.807) is 0 Å². The van der Waals surface area contributed by atoms with Crippen LogP contribution in [0.4, 0.5) is 0 Å². The summed E-state index contributed by atoms with van der Waals surface area (Å²) in [5, 5.41) is 1.02. The van der Waals surface area contributed by atoms with Crippen molar-refractivity contribution in [2.45, 2.75) is 25.7 Å². The Morgan fingerprint density at radius 3 is 2.62 bits per heavy atom. The van der Waals surface area contributed by atoms with Crippen molar-refractivity contribution in [3.8, 4) is 5.75 Å². The van der Waals surface area contributed by atoms with Gasteiger partial charge in [-0.05, 0) is 56.6 Å². The molecule has 0 amide bonds. The van der Waals surface area contributed by atoms with Crippen LogP contribution in [-0.2, 0) is 17.6 Å². The van der Waals surface area contributed by atoms with Gasteiger partial charge in [0.25, 0.3) is 0 Å². The molecule has 0 saturated heterocycles. The van der Waals surface area contributed by atoms with Crippen LogP contribution in [0, 0.1) is 0 Å². The fourth-order valence-corrected chi connectivity index (χ4v) is 3.10. The first-order chi connectivity index (χ1) is 12.6. The van der Waals surface area contributed by atoms with Gasteiger partial charge in [-0.25, -0.2) is 0 Å². The SMILES string of the molecule is CN(C)CCc1c[nH]c2cccc(OC(=O)CCCc3ccccc3)c12. The van der Waals surface area contributed by atoms with Gasteiger partial charge in [0.2, 0.25) is 0 Å². The van der Waals surface area contributed by atoms with Crippen molar-refractivity contribution in [1.29, 1.82) is 0 Å². The van der Waals surface area contributed by atoms with Gasteiger partial charge in [-0.3, -0.25) is 4.79 Å². The van der Waals surface area contributed by atoms with Crippen LogP contribution in [0.15, 0.2) is 54.7 Å². The fraction of sp³-hybridized carbons (Fsp3) is 0.318. The van der Waals surface area contributed by atoms with E-state index in [4.69, 9.17) is 4.74 Å². The zero-order chi connectivity index (χ0) is 18.4. The van der Waals surface area contributed by atoms with Gasteiger partial charge in [0.05, 0.1) is 0 Å². The van der Waals surface area contributed by atoms with Crippen molar-refractivity contribution < 1.29 is 9.53 Å². The molecule has 0 atom stereocenters. The van der Waals surface area contributed by atoms with E-state index >= 15 is 0 Å². The Hall–Kier alpha value is -2.59. The van der Waals surface area contributed by atoms with Gasteiger partial charge in [0.1, 0.15) is 5.75 Å². The first-order valence-corrected chi connectivity index (χ1v) is 9.12. The van der Waals surface area contributed by atoms with Gasteiger partial charge in [0, 0.05) is 30.1 Å². The van der Waals surface area contributed by atoms with Crippen LogP contribution < -0.4 is 4.74 Å². The molecule has 0 aliphatic rings. The maximum absolute atomic E-state index is 12.3. The van der Waals surface area contributed by atoms with Gasteiger partial charge in [-0.2, -0.15) is 0 Å². The second-order valence-electron chi connectivity index (χ2n) is 6.86. The molecule has 4 heteroatoms. The van der Waals surface area contributed by atoms with Gasteiger partial charge in [0.15, 0.2) is 0 Å². The molecule has 2 aromatic carbocycles. The highest BCUT2D eigenvalue weighted by Gasteiger charge is 2.13. The lowest BCUT2D eigenvalue weighted by Crippen LogP contribution is -2.15. The Morgan fingerprint density at radius 2 is 1.85 bits per heavy atom. The molecule has 0 aliphatic carbocycles. The molecular formula is C22H26N2O2. The molecule has 1 heterocycles. The predicted molar refractivity (Wildman–Crippen MR) is 106 cm³/mol. The van der Waals surface area contributed by atoms with Crippen LogP contribution in [0.2, 0.25) is 0 Å². The van der Waals surface area contributed by atoms with Gasteiger partial charge >= 0.3 is 5.97 Å². The summed E-state index contributed by atoms with van der Waals surface area (Å²) in [6, 6.07) is 16.0. The minimum Gasteiger partial charge on any atom is -0.426 e. The number of hydrogen-bond acceptors (Lipinski definition) is 3. The van der Waals surface area contributed by atoms with Crippen molar-refractivity contribution in [1.82, 2.24) is 9.88 Å². The largest absolute Gasteiger partial charge is 0.426 e. The summed E-state index contributed by atoms with van der Waals surface area (Å²) in [5.74, 6) is 0.482. The number of carbonyl (C=O) groups is 1. The summed E-state index contributed by atoms with van der Waals surface area (Å²) < 4.78 is 5.70. The lowest BCUT2D eigenvalue weighted by molar-refractivity contribution is -0.134. The van der Waals surface area contributed by atoms with Gasteiger partial charge < -0.3 is 14.6 Å². The third kappa shape index (κ3) is 4.73. The smallest absolute Gasteiger partial charge is 0.311 e. The zero-order valence-corrected chi connectivity index (χ0v) is 15.5. The van der Waals surface area contributed by atoms with E-state index in [1.165, 1.54) is 11.1 Å². The van der Waals surface area contributed by atoms with E-state index in [2.05, 4.69) is 36.1 Å². The molecule has 0 saturated carbocycles. The molecule has 0 unspecified atom stereocenters. The number of ether oxygens (including phenoxy) is 1. The topological polar surface area (TPSA) is 45.3 Å². The number of hydrogen-bond donors (Lipinski definition) is 1. The Kier molecular flexibility index (Phi) is 6.08. The Labute approximate surface area is 154 Å². The maximum atomic E-state index is 12.3. The van der Waals surface area contributed by atoms with Crippen molar-refractivity contribution in [3.63, 3.8) is 0 Å². The molecule has 0 bridgehead atoms. The molecule has 26 heavy (non-hydrogen) atoms. The normalized spacial score (nSPS) is 11.2. The summed E-state index contributed by atoms with van der Waals surface area (Å²) in [5.41, 5.74) is 3.44. The number of aromatic nitrogens is 1. The third-order valence-electron chi connectivity index (χ3n) is 4.49. The highest BCUT2D eigenvalue weighted by molar-refractivity contribution is 5.91. The van der Waals surface area contributed by atoms with Crippen molar-refractivity contribution >= 4 is 16.9 Å². The fourth-order valence-electron chi connectivity index (χ4n) is 3.10.